The summed E-state index contributed by atoms with van der Waals surface area (Å²) in [7, 11) is 0. The van der Waals surface area contributed by atoms with E-state index in [1.165, 1.54) is 0 Å². The number of nitrogens with one attached hydrogen (secondary N) is 1. The maximum absolute atomic E-state index is 12.7. The number of benzene rings is 2. The molecule has 1 amide bonds. The summed E-state index contributed by atoms with van der Waals surface area (Å²) >= 11 is 0. The van der Waals surface area contributed by atoms with E-state index in [0.29, 0.717) is 48.3 Å². The maximum Gasteiger partial charge on any atom is 0.259 e. The molecule has 0 atom stereocenters. The molecule has 0 aliphatic heterocycles. The lowest BCUT2D eigenvalue weighted by Gasteiger charge is -2.13. The molecule has 150 valence electrons. The predicted octanol–water partition coefficient (Wildman–Crippen LogP) is 4.85. The van der Waals surface area contributed by atoms with Crippen molar-refractivity contribution in [3.63, 3.8) is 0 Å². The number of carbonyl (C=O) groups is 1. The lowest BCUT2D eigenvalue weighted by atomic mass is 10.1. The molecule has 3 rings (SSSR count). The van der Waals surface area contributed by atoms with Gasteiger partial charge in [-0.1, -0.05) is 12.1 Å². The van der Waals surface area contributed by atoms with E-state index in [-0.39, 0.29) is 5.91 Å². The van der Waals surface area contributed by atoms with E-state index >= 15 is 0 Å². The maximum atomic E-state index is 12.7. The highest BCUT2D eigenvalue weighted by Crippen LogP contribution is 2.27. The molecule has 1 aromatic heterocycles. The van der Waals surface area contributed by atoms with Crippen molar-refractivity contribution in [1.29, 1.82) is 0 Å². The van der Waals surface area contributed by atoms with E-state index in [2.05, 4.69) is 10.3 Å². The van der Waals surface area contributed by atoms with Crippen molar-refractivity contribution in [1.82, 2.24) is 4.98 Å². The van der Waals surface area contributed by atoms with Crippen LogP contribution in [-0.2, 0) is 4.74 Å². The van der Waals surface area contributed by atoms with Crippen molar-refractivity contribution in [2.24, 2.45) is 0 Å². The van der Waals surface area contributed by atoms with Crippen LogP contribution in [0.1, 0.15) is 22.8 Å². The Morgan fingerprint density at radius 2 is 1.90 bits per heavy atom. The lowest BCUT2D eigenvalue weighted by molar-refractivity contribution is 0.0998. The van der Waals surface area contributed by atoms with E-state index < -0.39 is 0 Å². The second-order valence-corrected chi connectivity index (χ2v) is 6.27. The molecule has 6 heteroatoms. The quantitative estimate of drug-likeness (QED) is 0.527. The van der Waals surface area contributed by atoms with Crippen LogP contribution in [0.15, 0.2) is 67.0 Å². The van der Waals surface area contributed by atoms with Gasteiger partial charge in [0.15, 0.2) is 0 Å². The first-order valence-corrected chi connectivity index (χ1v) is 9.47. The Morgan fingerprint density at radius 1 is 1.03 bits per heavy atom. The second kappa shape index (κ2) is 10.2. The molecule has 1 heterocycles. The van der Waals surface area contributed by atoms with Gasteiger partial charge in [-0.15, -0.1) is 0 Å². The minimum atomic E-state index is -0.239. The van der Waals surface area contributed by atoms with Crippen LogP contribution < -0.4 is 14.8 Å². The number of nitrogens with zero attached hydrogens (tertiary/aromatic N) is 1. The smallest absolute Gasteiger partial charge is 0.259 e. The van der Waals surface area contributed by atoms with E-state index in [0.717, 1.165) is 5.56 Å². The van der Waals surface area contributed by atoms with E-state index in [9.17, 15) is 4.79 Å². The predicted molar refractivity (Wildman–Crippen MR) is 112 cm³/mol. The van der Waals surface area contributed by atoms with Gasteiger partial charge in [-0.2, -0.15) is 0 Å². The zero-order valence-corrected chi connectivity index (χ0v) is 16.6. The first-order valence-electron chi connectivity index (χ1n) is 9.47. The van der Waals surface area contributed by atoms with Gasteiger partial charge in [-0.3, -0.25) is 9.78 Å². The van der Waals surface area contributed by atoms with Gasteiger partial charge in [-0.05, 0) is 61.9 Å². The fraction of sp³-hybridized carbons (Fsp3) is 0.217. The number of aromatic nitrogens is 1. The number of anilines is 1. The molecule has 0 aliphatic carbocycles. The van der Waals surface area contributed by atoms with Gasteiger partial charge in [-0.25, -0.2) is 0 Å². The van der Waals surface area contributed by atoms with Crippen LogP contribution in [0.2, 0.25) is 0 Å². The van der Waals surface area contributed by atoms with Gasteiger partial charge in [0.1, 0.15) is 23.9 Å². The van der Waals surface area contributed by atoms with Gasteiger partial charge in [0.25, 0.3) is 5.91 Å². The molecule has 0 aliphatic rings. The highest BCUT2D eigenvalue weighted by atomic mass is 16.5. The fourth-order valence-electron chi connectivity index (χ4n) is 2.71. The molecule has 29 heavy (non-hydrogen) atoms. The number of amides is 1. The van der Waals surface area contributed by atoms with Crippen molar-refractivity contribution < 1.29 is 19.0 Å². The van der Waals surface area contributed by atoms with Crippen molar-refractivity contribution in [3.8, 4) is 17.2 Å². The largest absolute Gasteiger partial charge is 0.490 e. The van der Waals surface area contributed by atoms with Crippen LogP contribution in [-0.4, -0.2) is 30.7 Å². The summed E-state index contributed by atoms with van der Waals surface area (Å²) in [6.45, 7) is 5.34. The normalized spacial score (nSPS) is 10.4. The molecule has 0 saturated heterocycles. The molecular formula is C23H24N2O4. The first kappa shape index (κ1) is 20.4. The Morgan fingerprint density at radius 3 is 2.66 bits per heavy atom. The Kier molecular flexibility index (Phi) is 7.19. The summed E-state index contributed by atoms with van der Waals surface area (Å²) in [4.78, 5) is 16.8. The molecule has 0 fully saturated rings. The van der Waals surface area contributed by atoms with Crippen LogP contribution in [0.5, 0.6) is 17.2 Å². The second-order valence-electron chi connectivity index (χ2n) is 6.27. The minimum Gasteiger partial charge on any atom is -0.490 e. The van der Waals surface area contributed by atoms with Crippen LogP contribution >= 0.6 is 0 Å². The van der Waals surface area contributed by atoms with E-state index in [1.54, 1.807) is 36.7 Å². The molecule has 0 bridgehead atoms. The van der Waals surface area contributed by atoms with Gasteiger partial charge < -0.3 is 19.5 Å². The number of rotatable bonds is 9. The Balaban J connectivity index is 1.67. The fourth-order valence-corrected chi connectivity index (χ4v) is 2.71. The van der Waals surface area contributed by atoms with Gasteiger partial charge >= 0.3 is 0 Å². The van der Waals surface area contributed by atoms with E-state index in [1.807, 2.05) is 44.2 Å². The summed E-state index contributed by atoms with van der Waals surface area (Å²) < 4.78 is 16.8. The third-order valence-corrected chi connectivity index (χ3v) is 4.12. The Bertz CT molecular complexity index is 945. The third-order valence-electron chi connectivity index (χ3n) is 4.12. The SMILES string of the molecule is CCOCCOc1ccccc1C(=O)Nc1ccc(Oc2cccnc2)c(C)c1. The molecule has 0 radical (unpaired) electrons. The van der Waals surface area contributed by atoms with E-state index in [4.69, 9.17) is 14.2 Å². The standard InChI is InChI=1S/C23H24N2O4/c1-3-27-13-14-28-22-9-5-4-8-20(22)23(26)25-18-10-11-21(17(2)15-18)29-19-7-6-12-24-16-19/h4-12,15-16H,3,13-14H2,1-2H3,(H,25,26). The summed E-state index contributed by atoms with van der Waals surface area (Å²) in [5.74, 6) is 1.65. The van der Waals surface area contributed by atoms with Crippen molar-refractivity contribution in [3.05, 3.63) is 78.1 Å². The van der Waals surface area contributed by atoms with Gasteiger partial charge in [0, 0.05) is 18.5 Å². The van der Waals surface area contributed by atoms with Crippen molar-refractivity contribution in [2.75, 3.05) is 25.1 Å². The van der Waals surface area contributed by atoms with Gasteiger partial charge in [0.05, 0.1) is 18.4 Å². The molecule has 2 aromatic carbocycles. The van der Waals surface area contributed by atoms with Crippen molar-refractivity contribution >= 4 is 11.6 Å². The minimum absolute atomic E-state index is 0.239. The highest BCUT2D eigenvalue weighted by Gasteiger charge is 2.13. The lowest BCUT2D eigenvalue weighted by Crippen LogP contribution is -2.15. The number of hydrogen-bond donors (Lipinski definition) is 1. The first-order chi connectivity index (χ1) is 14.2. The monoisotopic (exact) mass is 392 g/mol. The summed E-state index contributed by atoms with van der Waals surface area (Å²) in [5.41, 5.74) is 2.04. The highest BCUT2D eigenvalue weighted by molar-refractivity contribution is 6.06. The number of aryl methyl sites for hydroxylation is 1. The number of pyridine rings is 1. The number of ether oxygens (including phenoxy) is 3. The zero-order valence-electron chi connectivity index (χ0n) is 16.6. The molecule has 6 nitrogen and oxygen atoms in total. The molecular weight excluding hydrogens is 368 g/mol. The number of carbonyl (C=O) groups excluding carboxylic acids is 1. The molecule has 0 spiro atoms. The van der Waals surface area contributed by atoms with Crippen LogP contribution in [0, 0.1) is 6.92 Å². The average molecular weight is 392 g/mol. The average Bonchev–Trinajstić information content (AvgIpc) is 2.74. The molecule has 0 unspecified atom stereocenters. The van der Waals surface area contributed by atoms with Crippen LogP contribution in [0.4, 0.5) is 5.69 Å². The Hall–Kier alpha value is -3.38. The van der Waals surface area contributed by atoms with Gasteiger partial charge in [0.2, 0.25) is 0 Å². The third kappa shape index (κ3) is 5.80. The summed E-state index contributed by atoms with van der Waals surface area (Å²) in [5, 5.41) is 2.91. The Labute approximate surface area is 170 Å². The molecule has 1 N–H and O–H groups in total. The molecule has 3 aromatic rings. The van der Waals surface area contributed by atoms with Crippen LogP contribution in [0.25, 0.3) is 0 Å². The number of hydrogen-bond acceptors (Lipinski definition) is 5. The number of para-hydroxylation sites is 1. The van der Waals surface area contributed by atoms with Crippen molar-refractivity contribution in [2.45, 2.75) is 13.8 Å². The van der Waals surface area contributed by atoms with Crippen LogP contribution in [0.3, 0.4) is 0 Å². The summed E-state index contributed by atoms with van der Waals surface area (Å²) in [6.07, 6.45) is 3.34. The topological polar surface area (TPSA) is 69.7 Å². The molecule has 0 saturated carbocycles. The summed E-state index contributed by atoms with van der Waals surface area (Å²) in [6, 6.07) is 16.3. The zero-order chi connectivity index (χ0) is 20.5.